The zero-order valence-electron chi connectivity index (χ0n) is 29.5. The number of carbonyl (C=O) groups is 3. The van der Waals surface area contributed by atoms with Crippen LogP contribution in [-0.4, -0.2) is 43.7 Å². The number of thiophene rings is 1. The number of carboxylic acid groups (broad SMARTS) is 2. The number of imidazole rings is 1. The molecule has 0 saturated heterocycles. The van der Waals surface area contributed by atoms with E-state index in [1.807, 2.05) is 110 Å². The van der Waals surface area contributed by atoms with Gasteiger partial charge in [0.05, 0.1) is 22.2 Å². The normalized spacial score (nSPS) is 11.9. The predicted octanol–water partition coefficient (Wildman–Crippen LogP) is 9.21. The Morgan fingerprint density at radius 1 is 0.811 bits per heavy atom. The van der Waals surface area contributed by atoms with Crippen molar-refractivity contribution in [1.82, 2.24) is 14.9 Å². The van der Waals surface area contributed by atoms with Crippen LogP contribution in [0.4, 0.5) is 0 Å². The van der Waals surface area contributed by atoms with E-state index in [1.165, 1.54) is 11.3 Å². The van der Waals surface area contributed by atoms with E-state index in [4.69, 9.17) is 4.98 Å². The number of carbonyl (C=O) groups excluding carboxylic acids is 1. The fourth-order valence-electron chi connectivity index (χ4n) is 7.10. The highest BCUT2D eigenvalue weighted by Gasteiger charge is 2.24. The molecule has 8 nitrogen and oxygen atoms in total. The molecular formula is C44H39N3O5S. The summed E-state index contributed by atoms with van der Waals surface area (Å²) in [6, 6.07) is 35.7. The van der Waals surface area contributed by atoms with Gasteiger partial charge in [-0.2, -0.15) is 0 Å². The number of carboxylic acids is 2. The van der Waals surface area contributed by atoms with Crippen molar-refractivity contribution < 1.29 is 24.6 Å². The van der Waals surface area contributed by atoms with Gasteiger partial charge in [0.1, 0.15) is 5.82 Å². The topological polar surface area (TPSA) is 122 Å². The maximum atomic E-state index is 14.2. The maximum Gasteiger partial charge on any atom is 0.337 e. The zero-order chi connectivity index (χ0) is 37.1. The van der Waals surface area contributed by atoms with E-state index in [-0.39, 0.29) is 17.5 Å². The van der Waals surface area contributed by atoms with E-state index in [2.05, 4.69) is 16.8 Å². The number of amides is 1. The van der Waals surface area contributed by atoms with Crippen LogP contribution in [0.3, 0.4) is 0 Å². The number of aryl methyl sites for hydroxylation is 2. The lowest BCUT2D eigenvalue weighted by atomic mass is 9.98. The Morgan fingerprint density at radius 2 is 1.53 bits per heavy atom. The number of fused-ring (bicyclic) bond motifs is 2. The number of nitrogens with zero attached hydrogens (tertiary/aromatic N) is 2. The predicted molar refractivity (Wildman–Crippen MR) is 210 cm³/mol. The quantitative estimate of drug-likeness (QED) is 0.109. The first-order valence-corrected chi connectivity index (χ1v) is 18.5. The summed E-state index contributed by atoms with van der Waals surface area (Å²) >= 11 is 1.46. The fraction of sp³-hybridized carbons (Fsp3) is 0.182. The second-order valence-electron chi connectivity index (χ2n) is 13.3. The molecule has 2 heterocycles. The van der Waals surface area contributed by atoms with Crippen molar-refractivity contribution in [3.8, 4) is 11.1 Å². The molecule has 0 aliphatic heterocycles. The van der Waals surface area contributed by atoms with Gasteiger partial charge in [0, 0.05) is 46.0 Å². The Morgan fingerprint density at radius 3 is 2.26 bits per heavy atom. The number of rotatable bonds is 13. The van der Waals surface area contributed by atoms with E-state index in [0.29, 0.717) is 41.5 Å². The summed E-state index contributed by atoms with van der Waals surface area (Å²) in [7, 11) is 0. The number of benzene rings is 5. The smallest absolute Gasteiger partial charge is 0.337 e. The first kappa shape index (κ1) is 35.3. The molecule has 9 heteroatoms. The Labute approximate surface area is 311 Å². The van der Waals surface area contributed by atoms with Crippen LogP contribution in [0.15, 0.2) is 115 Å². The maximum absolute atomic E-state index is 14.2. The summed E-state index contributed by atoms with van der Waals surface area (Å²) in [5, 5.41) is 23.9. The van der Waals surface area contributed by atoms with Gasteiger partial charge in [0.2, 0.25) is 0 Å². The van der Waals surface area contributed by atoms with Gasteiger partial charge in [-0.25, -0.2) is 14.6 Å². The molecule has 0 unspecified atom stereocenters. The second kappa shape index (κ2) is 15.3. The van der Waals surface area contributed by atoms with E-state index in [9.17, 15) is 24.6 Å². The number of aromatic nitrogens is 2. The van der Waals surface area contributed by atoms with Crippen molar-refractivity contribution in [2.45, 2.75) is 52.1 Å². The van der Waals surface area contributed by atoms with Gasteiger partial charge in [0.25, 0.3) is 5.91 Å². The van der Waals surface area contributed by atoms with Gasteiger partial charge >= 0.3 is 11.9 Å². The summed E-state index contributed by atoms with van der Waals surface area (Å²) in [6.07, 6.45) is 2.57. The van der Waals surface area contributed by atoms with Crippen molar-refractivity contribution in [2.75, 3.05) is 0 Å². The van der Waals surface area contributed by atoms with E-state index in [1.54, 1.807) is 12.1 Å². The molecule has 7 aromatic rings. The first-order chi connectivity index (χ1) is 25.7. The van der Waals surface area contributed by atoms with Crippen LogP contribution in [0.25, 0.3) is 32.2 Å². The van der Waals surface area contributed by atoms with Crippen LogP contribution in [0.5, 0.6) is 0 Å². The van der Waals surface area contributed by atoms with Crippen molar-refractivity contribution in [2.24, 2.45) is 0 Å². The third-order valence-corrected chi connectivity index (χ3v) is 10.8. The van der Waals surface area contributed by atoms with Crippen LogP contribution >= 0.6 is 11.3 Å². The number of nitrogens with one attached hydrogen (secondary N) is 1. The molecule has 0 radical (unpaired) electrons. The number of aromatic carboxylic acids is 2. The summed E-state index contributed by atoms with van der Waals surface area (Å²) in [5.41, 5.74) is 7.19. The SMILES string of the molecule is CCCc1nc2c(C)cc(C(=O)N[C@H](Cc3ccccc3)Cc3sc4ccccc4c3C(=O)O)cc2n1Cc1ccc(-c2ccccc2C(=O)O)cc1. The Kier molecular flexibility index (Phi) is 10.2. The van der Waals surface area contributed by atoms with Gasteiger partial charge in [-0.3, -0.25) is 4.79 Å². The van der Waals surface area contributed by atoms with Gasteiger partial charge in [-0.05, 0) is 71.8 Å². The number of hydrogen-bond donors (Lipinski definition) is 3. The monoisotopic (exact) mass is 721 g/mol. The summed E-state index contributed by atoms with van der Waals surface area (Å²) in [5.74, 6) is -1.25. The second-order valence-corrected chi connectivity index (χ2v) is 14.5. The molecule has 5 aromatic carbocycles. The molecule has 0 saturated carbocycles. The van der Waals surface area contributed by atoms with Crippen molar-refractivity contribution >= 4 is 50.3 Å². The van der Waals surface area contributed by atoms with Crippen molar-refractivity contribution in [3.05, 3.63) is 159 Å². The van der Waals surface area contributed by atoms with E-state index in [0.717, 1.165) is 61.5 Å². The molecule has 1 amide bonds. The minimum absolute atomic E-state index is 0.236. The minimum atomic E-state index is -0.973. The highest BCUT2D eigenvalue weighted by atomic mass is 32.1. The van der Waals surface area contributed by atoms with Crippen LogP contribution in [0, 0.1) is 6.92 Å². The highest BCUT2D eigenvalue weighted by molar-refractivity contribution is 7.19. The zero-order valence-corrected chi connectivity index (χ0v) is 30.3. The minimum Gasteiger partial charge on any atom is -0.478 e. The molecule has 0 aliphatic rings. The third kappa shape index (κ3) is 7.47. The standard InChI is InChI=1S/C44H39N3O5S/c1-3-11-39-46-41-27(2)22-31(24-36(41)47(39)26-29-18-20-30(21-19-29)33-14-7-8-15-34(33)43(49)50)42(48)45-32(23-28-12-5-4-6-13-28)25-38-40(44(51)52)35-16-9-10-17-37(35)53-38/h4-10,12-22,24,32H,3,11,23,25-26H2,1-2H3,(H,45,48)(H,49,50)(H,51,52)/t32-/m1/s1. The van der Waals surface area contributed by atoms with Gasteiger partial charge in [-0.1, -0.05) is 97.9 Å². The molecule has 3 N–H and O–H groups in total. The molecule has 0 aliphatic carbocycles. The summed E-state index contributed by atoms with van der Waals surface area (Å²) < 4.78 is 3.07. The molecule has 266 valence electrons. The summed E-state index contributed by atoms with van der Waals surface area (Å²) in [6.45, 7) is 4.61. The molecule has 0 fully saturated rings. The lowest BCUT2D eigenvalue weighted by molar-refractivity contribution is 0.0687. The van der Waals surface area contributed by atoms with Gasteiger partial charge < -0.3 is 20.1 Å². The molecule has 7 rings (SSSR count). The van der Waals surface area contributed by atoms with Crippen LogP contribution in [0.2, 0.25) is 0 Å². The lowest BCUT2D eigenvalue weighted by Crippen LogP contribution is -2.38. The van der Waals surface area contributed by atoms with Crippen LogP contribution < -0.4 is 5.32 Å². The average molecular weight is 722 g/mol. The Bertz CT molecular complexity index is 2470. The molecule has 0 bridgehead atoms. The van der Waals surface area contributed by atoms with E-state index < -0.39 is 11.9 Å². The Balaban J connectivity index is 1.21. The van der Waals surface area contributed by atoms with Crippen LogP contribution in [-0.2, 0) is 25.8 Å². The largest absolute Gasteiger partial charge is 0.478 e. The molecule has 53 heavy (non-hydrogen) atoms. The lowest BCUT2D eigenvalue weighted by Gasteiger charge is -2.19. The van der Waals surface area contributed by atoms with Gasteiger partial charge in [0.15, 0.2) is 0 Å². The van der Waals surface area contributed by atoms with Crippen LogP contribution in [0.1, 0.15) is 71.8 Å². The third-order valence-electron chi connectivity index (χ3n) is 9.60. The first-order valence-electron chi connectivity index (χ1n) is 17.7. The highest BCUT2D eigenvalue weighted by Crippen LogP contribution is 2.33. The molecule has 2 aromatic heterocycles. The van der Waals surface area contributed by atoms with E-state index >= 15 is 0 Å². The average Bonchev–Trinajstić information content (AvgIpc) is 3.70. The van der Waals surface area contributed by atoms with Gasteiger partial charge in [-0.15, -0.1) is 11.3 Å². The summed E-state index contributed by atoms with van der Waals surface area (Å²) in [4.78, 5) is 44.2. The number of hydrogen-bond acceptors (Lipinski definition) is 5. The fourth-order valence-corrected chi connectivity index (χ4v) is 8.37. The Hall–Kier alpha value is -6.06. The van der Waals surface area contributed by atoms with Crippen molar-refractivity contribution in [1.29, 1.82) is 0 Å². The van der Waals surface area contributed by atoms with Crippen molar-refractivity contribution in [3.63, 3.8) is 0 Å². The molecule has 1 atom stereocenters. The molecular weight excluding hydrogens is 683 g/mol. The molecule has 0 spiro atoms.